The van der Waals surface area contributed by atoms with Gasteiger partial charge in [-0.3, -0.25) is 9.59 Å². The highest BCUT2D eigenvalue weighted by Crippen LogP contribution is 2.31. The smallest absolute Gasteiger partial charge is 0.231 e. The minimum Gasteiger partial charge on any atom is -0.361 e. The third-order valence-electron chi connectivity index (χ3n) is 6.08. The molecule has 1 saturated heterocycles. The fourth-order valence-corrected chi connectivity index (χ4v) is 4.77. The van der Waals surface area contributed by atoms with Gasteiger partial charge in [0, 0.05) is 47.0 Å². The second kappa shape index (κ2) is 8.59. The lowest BCUT2D eigenvalue weighted by Gasteiger charge is -2.17. The van der Waals surface area contributed by atoms with E-state index in [4.69, 9.17) is 11.6 Å². The van der Waals surface area contributed by atoms with Gasteiger partial charge in [0.05, 0.1) is 5.92 Å². The molecule has 2 N–H and O–H groups in total. The molecule has 164 valence electrons. The van der Waals surface area contributed by atoms with Crippen molar-refractivity contribution in [3.05, 3.63) is 40.0 Å². The standard InChI is InChI=1S/C22H26ClN5O2S/c1-4-22(2,3)20-26-27-21(31-20)25-19(30)14-9-18(29)28(12-14)8-7-13-11-24-17-6-5-15(23)10-16(13)17/h5-6,10-11,14,24H,4,7-9,12H2,1-3H3,(H,25,27,30)/t14-/m0/s1. The topological polar surface area (TPSA) is 91.0 Å². The highest BCUT2D eigenvalue weighted by molar-refractivity contribution is 7.15. The number of hydrogen-bond donors (Lipinski definition) is 2. The summed E-state index contributed by atoms with van der Waals surface area (Å²) >= 11 is 7.52. The number of carbonyl (C=O) groups excluding carboxylic acids is 2. The number of aromatic amines is 1. The second-order valence-corrected chi connectivity index (χ2v) is 10.0. The molecule has 31 heavy (non-hydrogen) atoms. The molecule has 1 aliphatic rings. The van der Waals surface area contributed by atoms with Gasteiger partial charge in [-0.05, 0) is 36.6 Å². The van der Waals surface area contributed by atoms with Crippen molar-refractivity contribution in [2.24, 2.45) is 5.92 Å². The number of amides is 2. The first-order chi connectivity index (χ1) is 14.8. The zero-order valence-electron chi connectivity index (χ0n) is 17.9. The molecule has 0 spiro atoms. The minimum absolute atomic E-state index is 0.00286. The molecule has 2 amide bonds. The summed E-state index contributed by atoms with van der Waals surface area (Å²) in [6.45, 7) is 7.29. The Labute approximate surface area is 190 Å². The summed E-state index contributed by atoms with van der Waals surface area (Å²) in [5.41, 5.74) is 2.05. The van der Waals surface area contributed by atoms with Gasteiger partial charge in [-0.15, -0.1) is 10.2 Å². The van der Waals surface area contributed by atoms with Crippen LogP contribution < -0.4 is 5.32 Å². The van der Waals surface area contributed by atoms with E-state index < -0.39 is 0 Å². The zero-order chi connectivity index (χ0) is 22.2. The van der Waals surface area contributed by atoms with Gasteiger partial charge in [0.2, 0.25) is 16.9 Å². The molecule has 7 nitrogen and oxygen atoms in total. The largest absolute Gasteiger partial charge is 0.361 e. The lowest BCUT2D eigenvalue weighted by atomic mass is 9.91. The number of halogens is 1. The van der Waals surface area contributed by atoms with E-state index in [1.54, 1.807) is 4.90 Å². The molecule has 2 aromatic heterocycles. The van der Waals surface area contributed by atoms with Crippen molar-refractivity contribution < 1.29 is 9.59 Å². The quantitative estimate of drug-likeness (QED) is 0.548. The number of hydrogen-bond acceptors (Lipinski definition) is 5. The predicted octanol–water partition coefficient (Wildman–Crippen LogP) is 4.39. The predicted molar refractivity (Wildman–Crippen MR) is 124 cm³/mol. The van der Waals surface area contributed by atoms with Crippen LogP contribution in [0.25, 0.3) is 10.9 Å². The molecule has 0 unspecified atom stereocenters. The SMILES string of the molecule is CCC(C)(C)c1nnc(NC(=O)[C@H]2CC(=O)N(CCc3c[nH]c4ccc(Cl)cc34)C2)s1. The van der Waals surface area contributed by atoms with Crippen molar-refractivity contribution in [1.82, 2.24) is 20.1 Å². The molecule has 0 saturated carbocycles. The Bertz CT molecular complexity index is 1120. The van der Waals surface area contributed by atoms with Crippen molar-refractivity contribution >= 4 is 50.8 Å². The molecule has 3 heterocycles. The Balaban J connectivity index is 1.35. The van der Waals surface area contributed by atoms with Gasteiger partial charge < -0.3 is 15.2 Å². The van der Waals surface area contributed by atoms with Crippen LogP contribution in [0.1, 0.15) is 44.2 Å². The molecule has 0 aliphatic carbocycles. The highest BCUT2D eigenvalue weighted by Gasteiger charge is 2.34. The van der Waals surface area contributed by atoms with Gasteiger partial charge in [0.15, 0.2) is 0 Å². The molecule has 9 heteroatoms. The molecular formula is C22H26ClN5O2S. The normalized spacial score (nSPS) is 17.0. The molecule has 1 aliphatic heterocycles. The maximum absolute atomic E-state index is 12.7. The van der Waals surface area contributed by atoms with Gasteiger partial charge >= 0.3 is 0 Å². The fourth-order valence-electron chi connectivity index (χ4n) is 3.68. The Morgan fingerprint density at radius 1 is 1.39 bits per heavy atom. The van der Waals surface area contributed by atoms with Crippen LogP contribution in [-0.2, 0) is 21.4 Å². The van der Waals surface area contributed by atoms with Crippen molar-refractivity contribution in [3.8, 4) is 0 Å². The van der Waals surface area contributed by atoms with Gasteiger partial charge in [-0.2, -0.15) is 0 Å². The van der Waals surface area contributed by atoms with Crippen LogP contribution in [0.5, 0.6) is 0 Å². The number of rotatable bonds is 7. The molecule has 1 aromatic carbocycles. The lowest BCUT2D eigenvalue weighted by Crippen LogP contribution is -2.30. The van der Waals surface area contributed by atoms with Crippen molar-refractivity contribution in [3.63, 3.8) is 0 Å². The van der Waals surface area contributed by atoms with Crippen LogP contribution in [0.3, 0.4) is 0 Å². The molecule has 0 bridgehead atoms. The summed E-state index contributed by atoms with van der Waals surface area (Å²) < 4.78 is 0. The third-order valence-corrected chi connectivity index (χ3v) is 7.52. The molecule has 4 rings (SSSR count). The molecule has 1 atom stereocenters. The summed E-state index contributed by atoms with van der Waals surface area (Å²) in [6.07, 6.45) is 3.81. The number of nitrogens with one attached hydrogen (secondary N) is 2. The van der Waals surface area contributed by atoms with Crippen molar-refractivity contribution in [2.45, 2.75) is 45.4 Å². The van der Waals surface area contributed by atoms with Gasteiger partial charge in [0.25, 0.3) is 0 Å². The number of anilines is 1. The van der Waals surface area contributed by atoms with Gasteiger partial charge in [-0.1, -0.05) is 43.7 Å². The first-order valence-corrected chi connectivity index (χ1v) is 11.6. The summed E-state index contributed by atoms with van der Waals surface area (Å²) in [6, 6.07) is 5.73. The van der Waals surface area contributed by atoms with E-state index in [0.29, 0.717) is 29.7 Å². The third kappa shape index (κ3) is 4.60. The number of likely N-dealkylation sites (tertiary alicyclic amines) is 1. The van der Waals surface area contributed by atoms with Crippen LogP contribution >= 0.6 is 22.9 Å². The maximum atomic E-state index is 12.7. The average molecular weight is 460 g/mol. The number of nitrogens with zero attached hydrogens (tertiary/aromatic N) is 3. The molecule has 3 aromatic rings. The van der Waals surface area contributed by atoms with Gasteiger partial charge in [-0.25, -0.2) is 0 Å². The van der Waals surface area contributed by atoms with Crippen molar-refractivity contribution in [1.29, 1.82) is 0 Å². The van der Waals surface area contributed by atoms with E-state index in [9.17, 15) is 9.59 Å². The minimum atomic E-state index is -0.378. The Morgan fingerprint density at radius 3 is 2.97 bits per heavy atom. The van der Waals surface area contributed by atoms with Crippen LogP contribution in [0.4, 0.5) is 5.13 Å². The van der Waals surface area contributed by atoms with Crippen LogP contribution in [0, 0.1) is 5.92 Å². The van der Waals surface area contributed by atoms with Crippen LogP contribution in [0.2, 0.25) is 5.02 Å². The van der Waals surface area contributed by atoms with E-state index in [1.807, 2.05) is 24.4 Å². The van der Waals surface area contributed by atoms with E-state index in [-0.39, 0.29) is 29.6 Å². The number of fused-ring (bicyclic) bond motifs is 1. The molecule has 0 radical (unpaired) electrons. The first-order valence-electron chi connectivity index (χ1n) is 10.4. The first kappa shape index (κ1) is 21.8. The monoisotopic (exact) mass is 459 g/mol. The van der Waals surface area contributed by atoms with Crippen molar-refractivity contribution in [2.75, 3.05) is 18.4 Å². The van der Waals surface area contributed by atoms with E-state index in [0.717, 1.165) is 27.9 Å². The average Bonchev–Trinajstić information content (AvgIpc) is 3.45. The number of benzene rings is 1. The summed E-state index contributed by atoms with van der Waals surface area (Å²) in [5.74, 6) is -0.550. The summed E-state index contributed by atoms with van der Waals surface area (Å²) in [4.78, 5) is 30.2. The fraction of sp³-hybridized carbons (Fsp3) is 0.455. The molecular weight excluding hydrogens is 434 g/mol. The Morgan fingerprint density at radius 2 is 2.19 bits per heavy atom. The lowest BCUT2D eigenvalue weighted by molar-refractivity contribution is -0.128. The van der Waals surface area contributed by atoms with Crippen LogP contribution in [-0.4, -0.2) is 45.0 Å². The van der Waals surface area contributed by atoms with Gasteiger partial charge in [0.1, 0.15) is 5.01 Å². The Hall–Kier alpha value is -2.45. The number of H-pyrrole nitrogens is 1. The number of aromatic nitrogens is 3. The Kier molecular flexibility index (Phi) is 6.03. The summed E-state index contributed by atoms with van der Waals surface area (Å²) in [7, 11) is 0. The van der Waals surface area contributed by atoms with E-state index in [2.05, 4.69) is 41.3 Å². The second-order valence-electron chi connectivity index (χ2n) is 8.63. The maximum Gasteiger partial charge on any atom is 0.231 e. The van der Waals surface area contributed by atoms with Crippen LogP contribution in [0.15, 0.2) is 24.4 Å². The highest BCUT2D eigenvalue weighted by atomic mass is 35.5. The number of carbonyl (C=O) groups is 2. The van der Waals surface area contributed by atoms with E-state index >= 15 is 0 Å². The zero-order valence-corrected chi connectivity index (χ0v) is 19.4. The van der Waals surface area contributed by atoms with E-state index in [1.165, 1.54) is 11.3 Å². The molecule has 1 fully saturated rings. The summed E-state index contributed by atoms with van der Waals surface area (Å²) in [5, 5.41) is 14.3.